The lowest BCUT2D eigenvalue weighted by Gasteiger charge is -2.42. The number of rotatable bonds is 8. The Kier molecular flexibility index (Phi) is 8.45. The highest BCUT2D eigenvalue weighted by molar-refractivity contribution is 7.87. The molecule has 7 nitrogen and oxygen atoms in total. The SMILES string of the molecule is CN(C)S(=O)(=O)N[C@H]1CCN(C(=O)C2CC(F)C2)CC1COC1CCC(c2cccc(F)c2)CC1. The van der Waals surface area contributed by atoms with Gasteiger partial charge in [-0.1, -0.05) is 12.1 Å². The lowest BCUT2D eigenvalue weighted by atomic mass is 9.81. The van der Waals surface area contributed by atoms with Gasteiger partial charge in [0, 0.05) is 45.1 Å². The number of nitrogens with zero attached hydrogens (tertiary/aromatic N) is 2. The summed E-state index contributed by atoms with van der Waals surface area (Å²) in [7, 11) is -0.667. The molecule has 3 fully saturated rings. The fraction of sp³-hybridized carbons (Fsp3) is 0.720. The Morgan fingerprint density at radius 1 is 1.17 bits per heavy atom. The van der Waals surface area contributed by atoms with Gasteiger partial charge in [-0.2, -0.15) is 17.4 Å². The van der Waals surface area contributed by atoms with Crippen molar-refractivity contribution in [3.05, 3.63) is 35.6 Å². The highest BCUT2D eigenvalue weighted by Crippen LogP contribution is 2.35. The van der Waals surface area contributed by atoms with Crippen LogP contribution in [0, 0.1) is 17.7 Å². The molecule has 1 heterocycles. The van der Waals surface area contributed by atoms with E-state index in [0.717, 1.165) is 35.6 Å². The molecule has 1 amide bonds. The van der Waals surface area contributed by atoms with E-state index in [1.807, 2.05) is 6.07 Å². The van der Waals surface area contributed by atoms with Crippen LogP contribution in [0.5, 0.6) is 0 Å². The van der Waals surface area contributed by atoms with Crippen molar-refractivity contribution < 1.29 is 26.7 Å². The third-order valence-corrected chi connectivity index (χ3v) is 9.36. The zero-order chi connectivity index (χ0) is 25.2. The number of benzene rings is 1. The molecule has 35 heavy (non-hydrogen) atoms. The average molecular weight is 514 g/mol. The highest BCUT2D eigenvalue weighted by atomic mass is 32.2. The van der Waals surface area contributed by atoms with Crippen LogP contribution < -0.4 is 4.72 Å². The molecule has 1 aliphatic heterocycles. The molecule has 1 aromatic rings. The number of carbonyl (C=O) groups is 1. The topological polar surface area (TPSA) is 79.0 Å². The Labute approximate surface area is 207 Å². The normalized spacial score (nSPS) is 31.9. The Balaban J connectivity index is 1.34. The van der Waals surface area contributed by atoms with Crippen LogP contribution in [0.15, 0.2) is 24.3 Å². The van der Waals surface area contributed by atoms with Crippen LogP contribution in [-0.2, 0) is 19.7 Å². The maximum Gasteiger partial charge on any atom is 0.279 e. The number of piperidine rings is 1. The number of carbonyl (C=O) groups excluding carboxylic acids is 1. The molecule has 1 aromatic carbocycles. The molecule has 2 aliphatic carbocycles. The number of amides is 1. The molecule has 196 valence electrons. The van der Waals surface area contributed by atoms with Crippen LogP contribution in [0.4, 0.5) is 8.78 Å². The first-order chi connectivity index (χ1) is 16.6. The minimum absolute atomic E-state index is 0.0339. The largest absolute Gasteiger partial charge is 0.378 e. The second-order valence-electron chi connectivity index (χ2n) is 10.5. The predicted octanol–water partition coefficient (Wildman–Crippen LogP) is 3.23. The summed E-state index contributed by atoms with van der Waals surface area (Å²) in [5.74, 6) is -0.389. The fourth-order valence-electron chi connectivity index (χ4n) is 5.44. The van der Waals surface area contributed by atoms with Gasteiger partial charge in [0.25, 0.3) is 10.2 Å². The minimum atomic E-state index is -3.63. The Hall–Kier alpha value is -1.62. The van der Waals surface area contributed by atoms with Crippen molar-refractivity contribution in [1.82, 2.24) is 13.9 Å². The van der Waals surface area contributed by atoms with Crippen LogP contribution in [0.3, 0.4) is 0 Å². The van der Waals surface area contributed by atoms with Gasteiger partial charge < -0.3 is 9.64 Å². The zero-order valence-corrected chi connectivity index (χ0v) is 21.4. The van der Waals surface area contributed by atoms with Crippen LogP contribution in [0.1, 0.15) is 56.4 Å². The zero-order valence-electron chi connectivity index (χ0n) is 20.5. The Morgan fingerprint density at radius 3 is 2.51 bits per heavy atom. The molecule has 1 unspecified atom stereocenters. The standard InChI is InChI=1S/C25H37F2N3O4S/c1-29(2)35(32,33)28-24-10-11-30(25(31)19-13-22(27)14-19)15-20(24)16-34-23-8-6-17(7-9-23)18-4-3-5-21(26)12-18/h3-5,12,17,19-20,22-24,28H,6-11,13-16H2,1-2H3/t17?,19?,20?,22?,23?,24-/m0/s1. The summed E-state index contributed by atoms with van der Waals surface area (Å²) in [5, 5.41) is 0. The van der Waals surface area contributed by atoms with E-state index in [-0.39, 0.29) is 48.5 Å². The van der Waals surface area contributed by atoms with E-state index in [0.29, 0.717) is 32.0 Å². The lowest BCUT2D eigenvalue weighted by Crippen LogP contribution is -2.57. The summed E-state index contributed by atoms with van der Waals surface area (Å²) in [6.45, 7) is 1.18. The number of hydrogen-bond donors (Lipinski definition) is 1. The van der Waals surface area contributed by atoms with Crippen LogP contribution in [0.2, 0.25) is 0 Å². The van der Waals surface area contributed by atoms with Crippen molar-refractivity contribution in [2.75, 3.05) is 33.8 Å². The first kappa shape index (κ1) is 26.4. The molecule has 2 atom stereocenters. The first-order valence-electron chi connectivity index (χ1n) is 12.6. The van der Waals surface area contributed by atoms with Crippen molar-refractivity contribution >= 4 is 16.1 Å². The van der Waals surface area contributed by atoms with E-state index in [9.17, 15) is 22.0 Å². The van der Waals surface area contributed by atoms with E-state index in [1.165, 1.54) is 20.2 Å². The maximum atomic E-state index is 13.6. The maximum absolute atomic E-state index is 13.6. The van der Waals surface area contributed by atoms with Crippen molar-refractivity contribution in [3.63, 3.8) is 0 Å². The second-order valence-corrected chi connectivity index (χ2v) is 12.4. The number of hydrogen-bond acceptors (Lipinski definition) is 4. The fourth-order valence-corrected chi connectivity index (χ4v) is 6.35. The summed E-state index contributed by atoms with van der Waals surface area (Å²) >= 11 is 0. The van der Waals surface area contributed by atoms with E-state index in [4.69, 9.17) is 4.74 Å². The predicted molar refractivity (Wildman–Crippen MR) is 129 cm³/mol. The molecule has 0 spiro atoms. The molecule has 0 aromatic heterocycles. The first-order valence-corrected chi connectivity index (χ1v) is 14.1. The Morgan fingerprint density at radius 2 is 1.89 bits per heavy atom. The van der Waals surface area contributed by atoms with Gasteiger partial charge in [0.1, 0.15) is 12.0 Å². The highest BCUT2D eigenvalue weighted by Gasteiger charge is 2.41. The number of halogens is 2. The van der Waals surface area contributed by atoms with Gasteiger partial charge in [0.15, 0.2) is 0 Å². The van der Waals surface area contributed by atoms with Crippen molar-refractivity contribution in [2.45, 2.75) is 69.2 Å². The lowest BCUT2D eigenvalue weighted by molar-refractivity contribution is -0.143. The molecule has 1 N–H and O–H groups in total. The monoisotopic (exact) mass is 513 g/mol. The molecule has 3 aliphatic rings. The molecule has 4 rings (SSSR count). The second kappa shape index (κ2) is 11.2. The van der Waals surface area contributed by atoms with Gasteiger partial charge in [-0.15, -0.1) is 0 Å². The van der Waals surface area contributed by atoms with E-state index in [1.54, 1.807) is 17.0 Å². The molecule has 2 saturated carbocycles. The smallest absolute Gasteiger partial charge is 0.279 e. The van der Waals surface area contributed by atoms with Gasteiger partial charge in [-0.25, -0.2) is 8.78 Å². The number of likely N-dealkylation sites (tertiary alicyclic amines) is 1. The molecule has 1 saturated heterocycles. The molecular weight excluding hydrogens is 476 g/mol. The van der Waals surface area contributed by atoms with Crippen LogP contribution in [0.25, 0.3) is 0 Å². The van der Waals surface area contributed by atoms with E-state index < -0.39 is 16.4 Å². The molecule has 10 heteroatoms. The summed E-state index contributed by atoms with van der Waals surface area (Å²) < 4.78 is 62.0. The summed E-state index contributed by atoms with van der Waals surface area (Å²) in [5.41, 5.74) is 1.02. The molecule has 0 bridgehead atoms. The van der Waals surface area contributed by atoms with Gasteiger partial charge in [0.2, 0.25) is 5.91 Å². The van der Waals surface area contributed by atoms with Crippen LogP contribution in [-0.4, -0.2) is 75.6 Å². The Bertz CT molecular complexity index is 979. The van der Waals surface area contributed by atoms with Crippen LogP contribution >= 0.6 is 0 Å². The van der Waals surface area contributed by atoms with Gasteiger partial charge in [0.05, 0.1) is 12.7 Å². The summed E-state index contributed by atoms with van der Waals surface area (Å²) in [6.07, 6.45) is 3.73. The van der Waals surface area contributed by atoms with Crippen molar-refractivity contribution in [2.24, 2.45) is 11.8 Å². The summed E-state index contributed by atoms with van der Waals surface area (Å²) in [4.78, 5) is 14.6. The van der Waals surface area contributed by atoms with Gasteiger partial charge in [-0.05, 0) is 68.6 Å². The number of nitrogens with one attached hydrogen (secondary N) is 1. The van der Waals surface area contributed by atoms with Crippen molar-refractivity contribution in [3.8, 4) is 0 Å². The third kappa shape index (κ3) is 6.58. The minimum Gasteiger partial charge on any atom is -0.378 e. The third-order valence-electron chi connectivity index (χ3n) is 7.80. The quantitative estimate of drug-likeness (QED) is 0.579. The summed E-state index contributed by atoms with van der Waals surface area (Å²) in [6, 6.07) is 6.43. The average Bonchev–Trinajstić information content (AvgIpc) is 2.81. The number of alkyl halides is 1. The van der Waals surface area contributed by atoms with E-state index in [2.05, 4.69) is 4.72 Å². The molecule has 0 radical (unpaired) electrons. The molecular formula is C25H37F2N3O4S. The van der Waals surface area contributed by atoms with E-state index >= 15 is 0 Å². The van der Waals surface area contributed by atoms with Gasteiger partial charge >= 0.3 is 0 Å². The van der Waals surface area contributed by atoms with Gasteiger partial charge in [-0.3, -0.25) is 4.79 Å². The van der Waals surface area contributed by atoms with Crippen molar-refractivity contribution in [1.29, 1.82) is 0 Å². The number of ether oxygens (including phenoxy) is 1.